The fourth-order valence-corrected chi connectivity index (χ4v) is 8.37. The van der Waals surface area contributed by atoms with E-state index < -0.39 is 0 Å². The zero-order valence-electron chi connectivity index (χ0n) is 28.6. The molecular weight excluding hydrogens is 619 g/mol. The summed E-state index contributed by atoms with van der Waals surface area (Å²) >= 11 is 0. The summed E-state index contributed by atoms with van der Waals surface area (Å²) in [7, 11) is 0. The van der Waals surface area contributed by atoms with E-state index in [9.17, 15) is 0 Å². The maximum absolute atomic E-state index is 6.43. The highest BCUT2D eigenvalue weighted by molar-refractivity contribution is 6.10. The molecule has 242 valence electrons. The van der Waals surface area contributed by atoms with Crippen molar-refractivity contribution in [3.63, 3.8) is 0 Å². The van der Waals surface area contributed by atoms with E-state index in [1.807, 2.05) is 12.1 Å². The monoisotopic (exact) mass is 653 g/mol. The molecule has 10 rings (SSSR count). The van der Waals surface area contributed by atoms with E-state index >= 15 is 0 Å². The van der Waals surface area contributed by atoms with E-state index in [4.69, 9.17) is 4.42 Å². The van der Waals surface area contributed by atoms with Crippen LogP contribution >= 0.6 is 0 Å². The molecule has 1 heterocycles. The maximum atomic E-state index is 6.43. The van der Waals surface area contributed by atoms with Gasteiger partial charge in [0.05, 0.1) is 5.69 Å². The van der Waals surface area contributed by atoms with Gasteiger partial charge < -0.3 is 9.32 Å². The van der Waals surface area contributed by atoms with Gasteiger partial charge in [0.1, 0.15) is 11.2 Å². The summed E-state index contributed by atoms with van der Waals surface area (Å²) in [5, 5.41) is 4.72. The first-order valence-corrected chi connectivity index (χ1v) is 17.7. The first-order chi connectivity index (χ1) is 25.1. The van der Waals surface area contributed by atoms with Crippen LogP contribution in [-0.2, 0) is 5.41 Å². The Morgan fingerprint density at radius 3 is 1.86 bits per heavy atom. The van der Waals surface area contributed by atoms with Gasteiger partial charge in [0.25, 0.3) is 0 Å². The fraction of sp³-hybridized carbons (Fsp3) is 0.0612. The lowest BCUT2D eigenvalue weighted by Crippen LogP contribution is -2.16. The molecule has 0 atom stereocenters. The van der Waals surface area contributed by atoms with Gasteiger partial charge in [-0.25, -0.2) is 0 Å². The second kappa shape index (κ2) is 11.3. The Labute approximate surface area is 297 Å². The van der Waals surface area contributed by atoms with Gasteiger partial charge in [-0.05, 0) is 80.7 Å². The normalized spacial score (nSPS) is 13.1. The van der Waals surface area contributed by atoms with Crippen LogP contribution in [0.3, 0.4) is 0 Å². The SMILES string of the molecule is CC1(C)c2ccccc2-c2ccc(N(c3ccc(-c4cccc5c4oc4ccccc45)cc3)c3ccc(-c4ccccc4)c4ccccc34)cc21. The average molecular weight is 654 g/mol. The van der Waals surface area contributed by atoms with Crippen molar-refractivity contribution < 1.29 is 4.42 Å². The molecule has 0 amide bonds. The van der Waals surface area contributed by atoms with Crippen LogP contribution in [0.4, 0.5) is 17.1 Å². The molecular formula is C49H35NO. The van der Waals surface area contributed by atoms with Crippen LogP contribution in [0.5, 0.6) is 0 Å². The molecule has 2 heteroatoms. The van der Waals surface area contributed by atoms with Crippen LogP contribution in [0.15, 0.2) is 180 Å². The second-order valence-corrected chi connectivity index (χ2v) is 14.1. The molecule has 51 heavy (non-hydrogen) atoms. The molecule has 8 aromatic carbocycles. The van der Waals surface area contributed by atoms with Crippen molar-refractivity contribution >= 4 is 49.8 Å². The van der Waals surface area contributed by atoms with Crippen LogP contribution in [0.25, 0.3) is 66.1 Å². The molecule has 0 spiro atoms. The first-order valence-electron chi connectivity index (χ1n) is 17.7. The van der Waals surface area contributed by atoms with Crippen LogP contribution in [0, 0.1) is 0 Å². The van der Waals surface area contributed by atoms with Gasteiger partial charge in [-0.1, -0.05) is 153 Å². The smallest absolute Gasteiger partial charge is 0.143 e. The minimum atomic E-state index is -0.109. The highest BCUT2D eigenvalue weighted by Crippen LogP contribution is 2.51. The Kier molecular flexibility index (Phi) is 6.56. The standard InChI is InChI=1S/C49H35NO/c1-49(2)44-21-10-8-16-39(44)40-28-27-35(31-45(40)49)50(46-30-29-36(32-13-4-3-5-14-32)38-15-6-7-17-41(38)46)34-25-23-33(24-26-34)37-19-12-20-43-42-18-9-11-22-47(42)51-48(37)43/h3-31H,1-2H3. The van der Waals surface area contributed by atoms with Crippen LogP contribution < -0.4 is 4.90 Å². The molecule has 2 nitrogen and oxygen atoms in total. The molecule has 0 saturated heterocycles. The number of benzene rings is 8. The molecule has 0 N–H and O–H groups in total. The number of hydrogen-bond acceptors (Lipinski definition) is 2. The lowest BCUT2D eigenvalue weighted by atomic mass is 9.82. The minimum absolute atomic E-state index is 0.109. The number of fused-ring (bicyclic) bond motifs is 7. The summed E-state index contributed by atoms with van der Waals surface area (Å²) in [5.41, 5.74) is 15.2. The zero-order chi connectivity index (χ0) is 34.1. The Morgan fingerprint density at radius 2 is 1.02 bits per heavy atom. The molecule has 9 aromatic rings. The van der Waals surface area contributed by atoms with Gasteiger partial charge in [-0.2, -0.15) is 0 Å². The number of rotatable bonds is 5. The zero-order valence-corrected chi connectivity index (χ0v) is 28.6. The average Bonchev–Trinajstić information content (AvgIpc) is 3.68. The van der Waals surface area contributed by atoms with Gasteiger partial charge in [-0.3, -0.25) is 0 Å². The van der Waals surface area contributed by atoms with Gasteiger partial charge in [-0.15, -0.1) is 0 Å². The third-order valence-corrected chi connectivity index (χ3v) is 10.9. The molecule has 0 radical (unpaired) electrons. The largest absolute Gasteiger partial charge is 0.455 e. The summed E-state index contributed by atoms with van der Waals surface area (Å²) in [6.07, 6.45) is 0. The van der Waals surface area contributed by atoms with Crippen molar-refractivity contribution in [2.45, 2.75) is 19.3 Å². The van der Waals surface area contributed by atoms with Crippen molar-refractivity contribution in [3.8, 4) is 33.4 Å². The summed E-state index contributed by atoms with van der Waals surface area (Å²) in [6, 6.07) is 63.7. The van der Waals surface area contributed by atoms with Crippen molar-refractivity contribution in [1.82, 2.24) is 0 Å². The molecule has 1 aromatic heterocycles. The van der Waals surface area contributed by atoms with E-state index in [2.05, 4.69) is 183 Å². The summed E-state index contributed by atoms with van der Waals surface area (Å²) in [5.74, 6) is 0. The Hall–Kier alpha value is -6.38. The van der Waals surface area contributed by atoms with Crippen LogP contribution in [0.1, 0.15) is 25.0 Å². The Balaban J connectivity index is 1.16. The van der Waals surface area contributed by atoms with Gasteiger partial charge in [0.15, 0.2) is 0 Å². The number of hydrogen-bond donors (Lipinski definition) is 0. The lowest BCUT2D eigenvalue weighted by molar-refractivity contribution is 0.660. The third kappa shape index (κ3) is 4.57. The molecule has 1 aliphatic rings. The maximum Gasteiger partial charge on any atom is 0.143 e. The summed E-state index contributed by atoms with van der Waals surface area (Å²) < 4.78 is 6.43. The predicted molar refractivity (Wildman–Crippen MR) is 214 cm³/mol. The highest BCUT2D eigenvalue weighted by Gasteiger charge is 2.35. The van der Waals surface area contributed by atoms with Crippen LogP contribution in [-0.4, -0.2) is 0 Å². The van der Waals surface area contributed by atoms with E-state index in [-0.39, 0.29) is 5.41 Å². The van der Waals surface area contributed by atoms with Gasteiger partial charge >= 0.3 is 0 Å². The number of furan rings is 1. The fourth-order valence-electron chi connectivity index (χ4n) is 8.37. The van der Waals surface area contributed by atoms with E-state index in [0.29, 0.717) is 0 Å². The van der Waals surface area contributed by atoms with Crippen molar-refractivity contribution in [2.75, 3.05) is 4.90 Å². The van der Waals surface area contributed by atoms with Gasteiger partial charge in [0.2, 0.25) is 0 Å². The van der Waals surface area contributed by atoms with E-state index in [1.165, 1.54) is 44.2 Å². The lowest BCUT2D eigenvalue weighted by Gasteiger charge is -2.29. The molecule has 0 bridgehead atoms. The highest BCUT2D eigenvalue weighted by atomic mass is 16.3. The van der Waals surface area contributed by atoms with E-state index in [0.717, 1.165) is 50.1 Å². The quantitative estimate of drug-likeness (QED) is 0.184. The topological polar surface area (TPSA) is 16.4 Å². The first kappa shape index (κ1) is 29.5. The molecule has 0 unspecified atom stereocenters. The predicted octanol–water partition coefficient (Wildman–Crippen LogP) is 13.8. The van der Waals surface area contributed by atoms with Crippen molar-refractivity contribution in [2.24, 2.45) is 0 Å². The summed E-state index contributed by atoms with van der Waals surface area (Å²) in [6.45, 7) is 4.70. The Morgan fingerprint density at radius 1 is 0.412 bits per heavy atom. The molecule has 0 saturated carbocycles. The third-order valence-electron chi connectivity index (χ3n) is 10.9. The number of anilines is 3. The number of para-hydroxylation sites is 2. The Bertz CT molecular complexity index is 2770. The minimum Gasteiger partial charge on any atom is -0.455 e. The number of nitrogens with zero attached hydrogens (tertiary/aromatic N) is 1. The molecule has 0 fully saturated rings. The van der Waals surface area contributed by atoms with Crippen molar-refractivity contribution in [1.29, 1.82) is 0 Å². The second-order valence-electron chi connectivity index (χ2n) is 14.1. The van der Waals surface area contributed by atoms with E-state index in [1.54, 1.807) is 0 Å². The van der Waals surface area contributed by atoms with Gasteiger partial charge in [0, 0.05) is 38.5 Å². The van der Waals surface area contributed by atoms with Crippen LogP contribution in [0.2, 0.25) is 0 Å². The molecule has 1 aliphatic carbocycles. The summed E-state index contributed by atoms with van der Waals surface area (Å²) in [4.78, 5) is 2.43. The van der Waals surface area contributed by atoms with Crippen molar-refractivity contribution in [3.05, 3.63) is 187 Å². The molecule has 0 aliphatic heterocycles.